The molecule has 0 aromatic rings. The molecule has 3 aliphatic rings. The highest BCUT2D eigenvalue weighted by Gasteiger charge is 2.39. The number of carboxylic acid groups (broad SMARTS) is 1. The van der Waals surface area contributed by atoms with Gasteiger partial charge in [0.1, 0.15) is 0 Å². The number of hydrogen-bond acceptors (Lipinski definition) is 3. The number of carboxylic acids is 1. The lowest BCUT2D eigenvalue weighted by atomic mass is 9.94. The van der Waals surface area contributed by atoms with Gasteiger partial charge >= 0.3 is 5.97 Å². The van der Waals surface area contributed by atoms with E-state index in [1.54, 1.807) is 0 Å². The number of likely N-dealkylation sites (tertiary alicyclic amines) is 1. The molecule has 4 nitrogen and oxygen atoms in total. The Kier molecular flexibility index (Phi) is 2.64. The van der Waals surface area contributed by atoms with Gasteiger partial charge in [-0.15, -0.1) is 0 Å². The summed E-state index contributed by atoms with van der Waals surface area (Å²) >= 11 is 0. The van der Waals surface area contributed by atoms with E-state index in [-0.39, 0.29) is 5.92 Å². The van der Waals surface area contributed by atoms with Gasteiger partial charge in [0.2, 0.25) is 0 Å². The predicted octanol–water partition coefficient (Wildman–Crippen LogP) is 0.676. The van der Waals surface area contributed by atoms with E-state index in [0.717, 1.165) is 19.5 Å². The first kappa shape index (κ1) is 10.5. The number of nitrogens with one attached hydrogen (secondary N) is 1. The van der Waals surface area contributed by atoms with Crippen molar-refractivity contribution in [1.82, 2.24) is 10.2 Å². The van der Waals surface area contributed by atoms with E-state index in [2.05, 4.69) is 10.2 Å². The lowest BCUT2D eigenvalue weighted by Crippen LogP contribution is -2.52. The number of hydrogen-bond donors (Lipinski definition) is 2. The Bertz CT molecular complexity index is 287. The molecule has 0 radical (unpaired) electrons. The summed E-state index contributed by atoms with van der Waals surface area (Å²) in [6.07, 6.45) is 5.90. The minimum atomic E-state index is -0.618. The van der Waals surface area contributed by atoms with Gasteiger partial charge in [0.25, 0.3) is 0 Å². The predicted molar refractivity (Wildman–Crippen MR) is 60.3 cm³/mol. The zero-order valence-corrected chi connectivity index (χ0v) is 9.56. The second-order valence-corrected chi connectivity index (χ2v) is 5.59. The molecule has 1 heterocycles. The van der Waals surface area contributed by atoms with E-state index in [9.17, 15) is 9.90 Å². The van der Waals surface area contributed by atoms with Crippen LogP contribution in [0.3, 0.4) is 0 Å². The number of rotatable bonds is 4. The van der Waals surface area contributed by atoms with Crippen molar-refractivity contribution in [3.63, 3.8) is 0 Å². The van der Waals surface area contributed by atoms with Crippen LogP contribution >= 0.6 is 0 Å². The fraction of sp³-hybridized carbons (Fsp3) is 0.917. The maximum Gasteiger partial charge on any atom is 0.307 e. The fourth-order valence-corrected chi connectivity index (χ4v) is 2.75. The molecule has 0 spiro atoms. The standard InChI is InChI=1S/C12H20N2O2/c15-12(16)8-5-10(13-9-1-2-9)7-14(6-8)11-3-4-11/h8-11,13H,1-7H2,(H,15,16). The molecule has 0 amide bonds. The molecular formula is C12H20N2O2. The van der Waals surface area contributed by atoms with Crippen molar-refractivity contribution in [1.29, 1.82) is 0 Å². The van der Waals surface area contributed by atoms with E-state index in [1.165, 1.54) is 25.7 Å². The van der Waals surface area contributed by atoms with Crippen LogP contribution in [0.15, 0.2) is 0 Å². The summed E-state index contributed by atoms with van der Waals surface area (Å²) in [5.41, 5.74) is 0. The Morgan fingerprint density at radius 3 is 2.44 bits per heavy atom. The molecule has 2 aliphatic carbocycles. The van der Waals surface area contributed by atoms with Crippen molar-refractivity contribution in [2.45, 2.75) is 50.2 Å². The lowest BCUT2D eigenvalue weighted by Gasteiger charge is -2.36. The molecule has 1 aliphatic heterocycles. The normalized spacial score (nSPS) is 36.2. The maximum absolute atomic E-state index is 11.1. The van der Waals surface area contributed by atoms with Gasteiger partial charge in [-0.3, -0.25) is 9.69 Å². The highest BCUT2D eigenvalue weighted by Crippen LogP contribution is 2.32. The van der Waals surface area contributed by atoms with E-state index >= 15 is 0 Å². The number of aliphatic carboxylic acids is 1. The van der Waals surface area contributed by atoms with Gasteiger partial charge in [0, 0.05) is 31.2 Å². The maximum atomic E-state index is 11.1. The molecule has 3 fully saturated rings. The first-order valence-electron chi connectivity index (χ1n) is 6.45. The molecule has 90 valence electrons. The van der Waals surface area contributed by atoms with Gasteiger partial charge in [-0.25, -0.2) is 0 Å². The Morgan fingerprint density at radius 2 is 1.88 bits per heavy atom. The Morgan fingerprint density at radius 1 is 1.12 bits per heavy atom. The van der Waals surface area contributed by atoms with Gasteiger partial charge in [0.15, 0.2) is 0 Å². The average Bonchev–Trinajstić information content (AvgIpc) is 3.11. The molecule has 2 N–H and O–H groups in total. The van der Waals surface area contributed by atoms with Crippen LogP contribution in [-0.2, 0) is 4.79 Å². The van der Waals surface area contributed by atoms with Crippen LogP contribution in [0.1, 0.15) is 32.1 Å². The average molecular weight is 224 g/mol. The van der Waals surface area contributed by atoms with Gasteiger partial charge in [0.05, 0.1) is 5.92 Å². The number of carbonyl (C=O) groups is 1. The van der Waals surface area contributed by atoms with E-state index in [0.29, 0.717) is 18.1 Å². The molecule has 1 saturated heterocycles. The Balaban J connectivity index is 1.61. The third-order valence-corrected chi connectivity index (χ3v) is 3.94. The van der Waals surface area contributed by atoms with Crippen LogP contribution in [-0.4, -0.2) is 47.2 Å². The van der Waals surface area contributed by atoms with E-state index in [1.807, 2.05) is 0 Å². The van der Waals surface area contributed by atoms with Gasteiger partial charge < -0.3 is 10.4 Å². The first-order valence-corrected chi connectivity index (χ1v) is 6.45. The van der Waals surface area contributed by atoms with Crippen LogP contribution in [0.25, 0.3) is 0 Å². The van der Waals surface area contributed by atoms with Crippen molar-refractivity contribution in [3.8, 4) is 0 Å². The summed E-state index contributed by atoms with van der Waals surface area (Å²) < 4.78 is 0. The van der Waals surface area contributed by atoms with Crippen molar-refractivity contribution >= 4 is 5.97 Å². The molecule has 16 heavy (non-hydrogen) atoms. The second-order valence-electron chi connectivity index (χ2n) is 5.59. The monoisotopic (exact) mass is 224 g/mol. The van der Waals surface area contributed by atoms with Crippen LogP contribution in [0, 0.1) is 5.92 Å². The van der Waals surface area contributed by atoms with Crippen molar-refractivity contribution in [3.05, 3.63) is 0 Å². The molecule has 0 aromatic heterocycles. The summed E-state index contributed by atoms with van der Waals surface area (Å²) in [5, 5.41) is 12.8. The quantitative estimate of drug-likeness (QED) is 0.737. The molecule has 3 rings (SSSR count). The third-order valence-electron chi connectivity index (χ3n) is 3.94. The molecule has 4 heteroatoms. The van der Waals surface area contributed by atoms with Crippen molar-refractivity contribution < 1.29 is 9.90 Å². The van der Waals surface area contributed by atoms with Crippen LogP contribution in [0.2, 0.25) is 0 Å². The Labute approximate surface area is 96.0 Å². The number of nitrogens with zero attached hydrogens (tertiary/aromatic N) is 1. The minimum Gasteiger partial charge on any atom is -0.481 e. The molecule has 2 saturated carbocycles. The molecule has 0 aromatic carbocycles. The largest absolute Gasteiger partial charge is 0.481 e. The second kappa shape index (κ2) is 4.00. The summed E-state index contributed by atoms with van der Waals surface area (Å²) in [4.78, 5) is 13.5. The first-order chi connectivity index (χ1) is 7.72. The number of piperidine rings is 1. The van der Waals surface area contributed by atoms with Gasteiger partial charge in [-0.1, -0.05) is 0 Å². The fourth-order valence-electron chi connectivity index (χ4n) is 2.75. The zero-order valence-electron chi connectivity index (χ0n) is 9.56. The molecular weight excluding hydrogens is 204 g/mol. The highest BCUT2D eigenvalue weighted by atomic mass is 16.4. The third kappa shape index (κ3) is 2.38. The summed E-state index contributed by atoms with van der Waals surface area (Å²) in [6.45, 7) is 1.83. The topological polar surface area (TPSA) is 52.6 Å². The summed E-state index contributed by atoms with van der Waals surface area (Å²) in [5.74, 6) is -0.779. The highest BCUT2D eigenvalue weighted by molar-refractivity contribution is 5.70. The van der Waals surface area contributed by atoms with Crippen LogP contribution < -0.4 is 5.32 Å². The summed E-state index contributed by atoms with van der Waals surface area (Å²) in [7, 11) is 0. The Hall–Kier alpha value is -0.610. The van der Waals surface area contributed by atoms with Crippen molar-refractivity contribution in [2.75, 3.05) is 13.1 Å². The molecule has 2 unspecified atom stereocenters. The molecule has 2 atom stereocenters. The SMILES string of the molecule is O=C(O)C1CC(NC2CC2)CN(C2CC2)C1. The van der Waals surface area contributed by atoms with Crippen molar-refractivity contribution in [2.24, 2.45) is 5.92 Å². The van der Waals surface area contributed by atoms with Gasteiger partial charge in [-0.2, -0.15) is 0 Å². The zero-order chi connectivity index (χ0) is 11.1. The van der Waals surface area contributed by atoms with E-state index in [4.69, 9.17) is 0 Å². The van der Waals surface area contributed by atoms with Gasteiger partial charge in [-0.05, 0) is 32.1 Å². The summed E-state index contributed by atoms with van der Waals surface area (Å²) in [6, 6.07) is 1.77. The minimum absolute atomic E-state index is 0.161. The molecule has 0 bridgehead atoms. The van der Waals surface area contributed by atoms with Crippen LogP contribution in [0.5, 0.6) is 0 Å². The lowest BCUT2D eigenvalue weighted by molar-refractivity contribution is -0.144. The van der Waals surface area contributed by atoms with E-state index < -0.39 is 5.97 Å². The van der Waals surface area contributed by atoms with Crippen LogP contribution in [0.4, 0.5) is 0 Å². The smallest absolute Gasteiger partial charge is 0.307 e.